The second-order valence-corrected chi connectivity index (χ2v) is 6.68. The predicted molar refractivity (Wildman–Crippen MR) is 100 cm³/mol. The summed E-state index contributed by atoms with van der Waals surface area (Å²) in [6, 6.07) is 0. The summed E-state index contributed by atoms with van der Waals surface area (Å²) >= 11 is 2.95. The van der Waals surface area contributed by atoms with E-state index in [0.717, 1.165) is 32.3 Å². The number of carbonyl (C=O) groups excluding carboxylic acids is 2. The van der Waals surface area contributed by atoms with Gasteiger partial charge in [-0.1, -0.05) is 38.5 Å². The maximum Gasteiger partial charge on any atom is 0.228 e. The Kier molecular flexibility index (Phi) is 10.7. The van der Waals surface area contributed by atoms with Gasteiger partial charge in [0.2, 0.25) is 23.1 Å². The van der Waals surface area contributed by atoms with Crippen LogP contribution >= 0.6 is 16.3 Å². The smallest absolute Gasteiger partial charge is 0.228 e. The number of carbonyl (C=O) groups is 2. The topological polar surface area (TPSA) is 61.8 Å². The van der Waals surface area contributed by atoms with Crippen molar-refractivity contribution in [1.29, 1.82) is 0 Å². The van der Waals surface area contributed by atoms with Crippen LogP contribution in [-0.2, 0) is 22.9 Å². The fourth-order valence-corrected chi connectivity index (χ4v) is 3.24. The van der Waals surface area contributed by atoms with Gasteiger partial charge in [0.1, 0.15) is 0 Å². The fourth-order valence-electron chi connectivity index (χ4n) is 3.01. The molecule has 25 heavy (non-hydrogen) atoms. The van der Waals surface area contributed by atoms with E-state index in [0.29, 0.717) is 17.6 Å². The van der Waals surface area contributed by atoms with Crippen molar-refractivity contribution < 1.29 is 22.9 Å². The number of allylic oxidation sites excluding steroid dienone is 2. The normalized spacial score (nSPS) is 15.2. The predicted octanol–water partition coefficient (Wildman–Crippen LogP) is 4.80. The van der Waals surface area contributed by atoms with Gasteiger partial charge in [0, 0.05) is 11.1 Å². The van der Waals surface area contributed by atoms with E-state index in [-0.39, 0.29) is 23.1 Å². The Morgan fingerprint density at radius 1 is 0.760 bits per heavy atom. The van der Waals surface area contributed by atoms with Gasteiger partial charge in [-0.2, -0.15) is 0 Å². The van der Waals surface area contributed by atoms with E-state index in [2.05, 4.69) is 16.3 Å². The molecule has 0 N–H and O–H groups in total. The van der Waals surface area contributed by atoms with Gasteiger partial charge in [0.15, 0.2) is 0 Å². The SMILES string of the molecule is COC1=C(OC)C(=O)C(CCCCCCCCCCOBr)=C(C)C1=O. The Balaban J connectivity index is 2.34. The van der Waals surface area contributed by atoms with E-state index in [1.165, 1.54) is 39.9 Å². The molecule has 0 amide bonds. The second kappa shape index (κ2) is 12.3. The van der Waals surface area contributed by atoms with E-state index in [1.807, 2.05) is 0 Å². The van der Waals surface area contributed by atoms with Gasteiger partial charge in [0.25, 0.3) is 0 Å². The molecular weight excluding hydrogens is 388 g/mol. The van der Waals surface area contributed by atoms with Crippen molar-refractivity contribution in [3.05, 3.63) is 22.7 Å². The van der Waals surface area contributed by atoms with Crippen molar-refractivity contribution in [2.75, 3.05) is 20.8 Å². The molecule has 0 unspecified atom stereocenters. The quantitative estimate of drug-likeness (QED) is 0.318. The first kappa shape index (κ1) is 21.9. The molecule has 0 bridgehead atoms. The molecule has 0 spiro atoms. The lowest BCUT2D eigenvalue weighted by Gasteiger charge is -2.20. The van der Waals surface area contributed by atoms with Gasteiger partial charge in [0.05, 0.1) is 37.1 Å². The van der Waals surface area contributed by atoms with Crippen molar-refractivity contribution >= 4 is 27.8 Å². The number of hydrogen-bond donors (Lipinski definition) is 0. The van der Waals surface area contributed by atoms with E-state index in [1.54, 1.807) is 6.92 Å². The maximum absolute atomic E-state index is 12.5. The molecule has 142 valence electrons. The molecule has 0 saturated carbocycles. The number of Topliss-reactive ketones (excluding diaryl/α,β-unsaturated/α-hetero) is 2. The van der Waals surface area contributed by atoms with Crippen molar-refractivity contribution in [2.45, 2.75) is 64.7 Å². The highest BCUT2D eigenvalue weighted by Gasteiger charge is 2.34. The highest BCUT2D eigenvalue weighted by molar-refractivity contribution is 9.06. The van der Waals surface area contributed by atoms with Crippen LogP contribution in [0.4, 0.5) is 0 Å². The summed E-state index contributed by atoms with van der Waals surface area (Å²) in [4.78, 5) is 24.8. The number of rotatable bonds is 13. The Labute approximate surface area is 159 Å². The van der Waals surface area contributed by atoms with Crippen molar-refractivity contribution in [3.63, 3.8) is 0 Å². The molecule has 0 radical (unpaired) electrons. The molecule has 1 aliphatic rings. The molecular formula is C19H29BrO5. The molecule has 0 aromatic carbocycles. The number of ether oxygens (including phenoxy) is 2. The van der Waals surface area contributed by atoms with E-state index < -0.39 is 0 Å². The van der Waals surface area contributed by atoms with Crippen molar-refractivity contribution in [1.82, 2.24) is 0 Å². The van der Waals surface area contributed by atoms with Crippen LogP contribution in [0.3, 0.4) is 0 Å². The maximum atomic E-state index is 12.5. The second-order valence-electron chi connectivity index (χ2n) is 6.22. The van der Waals surface area contributed by atoms with Crippen molar-refractivity contribution in [2.24, 2.45) is 0 Å². The molecule has 0 aromatic rings. The molecule has 0 fully saturated rings. The molecule has 0 aromatic heterocycles. The summed E-state index contributed by atoms with van der Waals surface area (Å²) in [6.45, 7) is 2.46. The van der Waals surface area contributed by atoms with Gasteiger partial charge in [-0.3, -0.25) is 9.59 Å². The summed E-state index contributed by atoms with van der Waals surface area (Å²) in [7, 11) is 2.77. The minimum absolute atomic E-state index is 0.0130. The fraction of sp³-hybridized carbons (Fsp3) is 0.684. The number of unbranched alkanes of at least 4 members (excludes halogenated alkanes) is 7. The third-order valence-corrected chi connectivity index (χ3v) is 4.82. The van der Waals surface area contributed by atoms with Gasteiger partial charge >= 0.3 is 0 Å². The zero-order chi connectivity index (χ0) is 18.7. The van der Waals surface area contributed by atoms with E-state index >= 15 is 0 Å². The van der Waals surface area contributed by atoms with Gasteiger partial charge in [-0.05, 0) is 26.2 Å². The zero-order valence-corrected chi connectivity index (χ0v) is 17.1. The van der Waals surface area contributed by atoms with Crippen LogP contribution in [0.15, 0.2) is 22.7 Å². The summed E-state index contributed by atoms with van der Waals surface area (Å²) in [5.74, 6) is -0.425. The monoisotopic (exact) mass is 416 g/mol. The van der Waals surface area contributed by atoms with Crippen LogP contribution < -0.4 is 0 Å². The van der Waals surface area contributed by atoms with Gasteiger partial charge in [-0.25, -0.2) is 0 Å². The molecule has 0 aliphatic heterocycles. The number of methoxy groups -OCH3 is 2. The van der Waals surface area contributed by atoms with Crippen LogP contribution in [0.2, 0.25) is 0 Å². The lowest BCUT2D eigenvalue weighted by Crippen LogP contribution is -2.25. The molecule has 0 saturated heterocycles. The Bertz CT molecular complexity index is 522. The Morgan fingerprint density at radius 3 is 1.76 bits per heavy atom. The highest BCUT2D eigenvalue weighted by Crippen LogP contribution is 2.28. The minimum Gasteiger partial charge on any atom is -0.489 e. The van der Waals surface area contributed by atoms with E-state index in [9.17, 15) is 9.59 Å². The molecule has 6 heteroatoms. The molecule has 1 rings (SSSR count). The average molecular weight is 417 g/mol. The van der Waals surface area contributed by atoms with Crippen LogP contribution in [0.1, 0.15) is 64.7 Å². The lowest BCUT2D eigenvalue weighted by molar-refractivity contribution is -0.121. The largest absolute Gasteiger partial charge is 0.489 e. The number of ketones is 2. The number of halogens is 1. The van der Waals surface area contributed by atoms with Gasteiger partial charge < -0.3 is 13.3 Å². The molecule has 0 heterocycles. The van der Waals surface area contributed by atoms with Gasteiger partial charge in [-0.15, -0.1) is 0 Å². The standard InChI is InChI=1S/C19H29BrO5/c1-14-15(17(22)19(24-3)18(23-2)16(14)21)12-10-8-6-4-5-7-9-11-13-25-20/h4-13H2,1-3H3. The summed E-state index contributed by atoms with van der Waals surface area (Å²) < 4.78 is 15.0. The zero-order valence-electron chi connectivity index (χ0n) is 15.5. The highest BCUT2D eigenvalue weighted by atomic mass is 79.9. The Hall–Kier alpha value is -1.14. The van der Waals surface area contributed by atoms with Crippen LogP contribution in [0.25, 0.3) is 0 Å². The van der Waals surface area contributed by atoms with Crippen LogP contribution in [-0.4, -0.2) is 32.4 Å². The summed E-state index contributed by atoms with van der Waals surface area (Å²) in [6.07, 6.45) is 9.69. The molecule has 1 aliphatic carbocycles. The Morgan fingerprint density at radius 2 is 1.24 bits per heavy atom. The van der Waals surface area contributed by atoms with E-state index in [4.69, 9.17) is 13.3 Å². The minimum atomic E-state index is -0.249. The first-order valence-corrected chi connectivity index (χ1v) is 9.58. The third kappa shape index (κ3) is 6.59. The summed E-state index contributed by atoms with van der Waals surface area (Å²) in [5, 5.41) is 0. The summed E-state index contributed by atoms with van der Waals surface area (Å²) in [5.41, 5.74) is 1.05. The molecule has 0 atom stereocenters. The first-order valence-electron chi connectivity index (χ1n) is 8.93. The third-order valence-electron chi connectivity index (χ3n) is 4.49. The van der Waals surface area contributed by atoms with Crippen LogP contribution in [0.5, 0.6) is 0 Å². The van der Waals surface area contributed by atoms with Crippen molar-refractivity contribution in [3.8, 4) is 0 Å². The lowest BCUT2D eigenvalue weighted by atomic mass is 9.89. The molecule has 5 nitrogen and oxygen atoms in total. The first-order chi connectivity index (χ1) is 12.1. The number of hydrogen-bond acceptors (Lipinski definition) is 5. The average Bonchev–Trinajstić information content (AvgIpc) is 2.61. The van der Waals surface area contributed by atoms with Crippen LogP contribution in [0, 0.1) is 0 Å².